The Morgan fingerprint density at radius 3 is 2.35 bits per heavy atom. The van der Waals surface area contributed by atoms with E-state index < -0.39 is 7.60 Å². The molecule has 4 aromatic rings. The van der Waals surface area contributed by atoms with Crippen molar-refractivity contribution in [2.75, 3.05) is 13.2 Å². The maximum atomic E-state index is 13.5. The van der Waals surface area contributed by atoms with Gasteiger partial charge in [-0.2, -0.15) is 0 Å². The highest BCUT2D eigenvalue weighted by molar-refractivity contribution is 7.62. The Morgan fingerprint density at radius 2 is 1.68 bits per heavy atom. The zero-order valence-electron chi connectivity index (χ0n) is 23.2. The number of aliphatic imine (C=N–C) groups is 1. The molecule has 8 heteroatoms. The Labute approximate surface area is 236 Å². The van der Waals surface area contributed by atoms with Gasteiger partial charge in [0, 0.05) is 29.1 Å². The molecule has 1 aliphatic carbocycles. The number of nitrogens with zero attached hydrogens (tertiary/aromatic N) is 1. The van der Waals surface area contributed by atoms with Crippen molar-refractivity contribution in [1.29, 1.82) is 0 Å². The number of hydrogen-bond acceptors (Lipinski definition) is 6. The summed E-state index contributed by atoms with van der Waals surface area (Å²) in [6, 6.07) is 23.9. The van der Waals surface area contributed by atoms with Gasteiger partial charge >= 0.3 is 7.60 Å². The van der Waals surface area contributed by atoms with E-state index in [-0.39, 0.29) is 19.1 Å². The molecule has 0 bridgehead atoms. The van der Waals surface area contributed by atoms with Gasteiger partial charge in [0.05, 0.1) is 35.5 Å². The van der Waals surface area contributed by atoms with E-state index in [1.807, 2.05) is 42.5 Å². The second-order valence-electron chi connectivity index (χ2n) is 10.1. The molecular weight excluding hydrogens is 521 g/mol. The largest absolute Gasteiger partial charge is 0.494 e. The minimum absolute atomic E-state index is 0.00860. The number of H-pyrrole nitrogens is 1. The van der Waals surface area contributed by atoms with Gasteiger partial charge in [-0.15, -0.1) is 0 Å². The Kier molecular flexibility index (Phi) is 9.18. The monoisotopic (exact) mass is 559 g/mol. The molecule has 3 N–H and O–H groups in total. The van der Waals surface area contributed by atoms with Crippen molar-refractivity contribution >= 4 is 35.2 Å². The summed E-state index contributed by atoms with van der Waals surface area (Å²) >= 11 is 0. The average molecular weight is 560 g/mol. The highest BCUT2D eigenvalue weighted by atomic mass is 31.2. The van der Waals surface area contributed by atoms with Crippen LogP contribution in [0.4, 0.5) is 5.69 Å². The number of hydrogen-bond donors (Lipinski definition) is 3. The van der Waals surface area contributed by atoms with Crippen molar-refractivity contribution < 1.29 is 18.7 Å². The second-order valence-corrected chi connectivity index (χ2v) is 12.1. The lowest BCUT2D eigenvalue weighted by Gasteiger charge is -2.22. The van der Waals surface area contributed by atoms with Gasteiger partial charge in [-0.25, -0.2) is 4.99 Å². The minimum Gasteiger partial charge on any atom is -0.494 e. The van der Waals surface area contributed by atoms with Gasteiger partial charge < -0.3 is 24.5 Å². The third-order valence-electron chi connectivity index (χ3n) is 7.34. The highest BCUT2D eigenvalue weighted by Crippen LogP contribution is 2.47. The summed E-state index contributed by atoms with van der Waals surface area (Å²) in [6.07, 6.45) is 6.47. The maximum absolute atomic E-state index is 13.5. The average Bonchev–Trinajstić information content (AvgIpc) is 3.31. The summed E-state index contributed by atoms with van der Waals surface area (Å²) in [4.78, 5) is 8.08. The van der Waals surface area contributed by atoms with Crippen molar-refractivity contribution in [3.05, 3.63) is 89.5 Å². The number of aromatic nitrogens is 1. The van der Waals surface area contributed by atoms with Gasteiger partial charge in [0.15, 0.2) is 5.88 Å². The van der Waals surface area contributed by atoms with Gasteiger partial charge in [0.1, 0.15) is 0 Å². The lowest BCUT2D eigenvalue weighted by Crippen LogP contribution is -2.30. The molecule has 0 aliphatic heterocycles. The van der Waals surface area contributed by atoms with E-state index in [9.17, 15) is 9.67 Å². The molecule has 0 saturated heterocycles. The lowest BCUT2D eigenvalue weighted by molar-refractivity contribution is 0.230. The van der Waals surface area contributed by atoms with Crippen molar-refractivity contribution in [1.82, 2.24) is 10.3 Å². The van der Waals surface area contributed by atoms with E-state index in [0.29, 0.717) is 33.5 Å². The molecular formula is C32H38N3O4P. The van der Waals surface area contributed by atoms with Crippen LogP contribution in [0.15, 0.2) is 77.8 Å². The molecule has 0 amide bonds. The summed E-state index contributed by atoms with van der Waals surface area (Å²) in [7, 11) is -3.52. The minimum atomic E-state index is -3.52. The summed E-state index contributed by atoms with van der Waals surface area (Å²) < 4.78 is 24.7. The van der Waals surface area contributed by atoms with Crippen LogP contribution in [0.2, 0.25) is 0 Å². The third-order valence-corrected chi connectivity index (χ3v) is 9.44. The normalized spacial score (nSPS) is 15.1. The molecule has 1 heterocycles. The fraction of sp³-hybridized carbons (Fsp3) is 0.344. The lowest BCUT2D eigenvalue weighted by atomic mass is 9.95. The Morgan fingerprint density at radius 1 is 0.975 bits per heavy atom. The smallest absolute Gasteiger partial charge is 0.361 e. The van der Waals surface area contributed by atoms with Gasteiger partial charge in [-0.3, -0.25) is 4.57 Å². The number of aromatic amines is 1. The molecule has 7 nitrogen and oxygen atoms in total. The molecule has 210 valence electrons. The summed E-state index contributed by atoms with van der Waals surface area (Å²) in [5.41, 5.74) is 4.68. The molecule has 0 spiro atoms. The number of rotatable bonds is 11. The Bertz CT molecular complexity index is 1480. The molecule has 1 aliphatic rings. The van der Waals surface area contributed by atoms with Crippen LogP contribution in [-0.2, 0) is 20.2 Å². The highest BCUT2D eigenvalue weighted by Gasteiger charge is 2.28. The van der Waals surface area contributed by atoms with Gasteiger partial charge in [-0.1, -0.05) is 61.7 Å². The molecule has 3 aromatic carbocycles. The zero-order chi connectivity index (χ0) is 28.0. The first-order valence-electron chi connectivity index (χ1n) is 14.2. The van der Waals surface area contributed by atoms with Crippen LogP contribution in [0.3, 0.4) is 0 Å². The van der Waals surface area contributed by atoms with E-state index in [0.717, 1.165) is 17.8 Å². The maximum Gasteiger partial charge on any atom is 0.361 e. The van der Waals surface area contributed by atoms with Crippen LogP contribution >= 0.6 is 7.60 Å². The van der Waals surface area contributed by atoms with E-state index in [4.69, 9.17) is 14.0 Å². The molecule has 0 atom stereocenters. The summed E-state index contributed by atoms with van der Waals surface area (Å²) in [5, 5.41) is 15.9. The first-order chi connectivity index (χ1) is 19.5. The van der Waals surface area contributed by atoms with E-state index >= 15 is 0 Å². The molecule has 0 unspecified atom stereocenters. The van der Waals surface area contributed by atoms with Crippen molar-refractivity contribution in [3.63, 3.8) is 0 Å². The zero-order valence-corrected chi connectivity index (χ0v) is 24.1. The summed E-state index contributed by atoms with van der Waals surface area (Å²) in [6.45, 7) is 4.92. The van der Waals surface area contributed by atoms with Crippen LogP contribution in [0.25, 0.3) is 10.9 Å². The van der Waals surface area contributed by atoms with Crippen molar-refractivity contribution in [2.45, 2.75) is 58.5 Å². The second kappa shape index (κ2) is 13.0. The quantitative estimate of drug-likeness (QED) is 0.132. The topological polar surface area (TPSA) is 95.9 Å². The SMILES string of the molecule is CCOP(=O)(OCC)c1ccc2[nH]c(O)c(C(=Nc3ccc(CNC4CCCCC4)cc3)c3ccccc3)c2c1. The number of benzene rings is 3. The third kappa shape index (κ3) is 6.39. The van der Waals surface area contributed by atoms with E-state index in [2.05, 4.69) is 22.4 Å². The molecule has 1 aromatic heterocycles. The molecule has 40 heavy (non-hydrogen) atoms. The van der Waals surface area contributed by atoms with Crippen LogP contribution in [-0.4, -0.2) is 35.1 Å². The van der Waals surface area contributed by atoms with Gasteiger partial charge in [-0.05, 0) is 62.6 Å². The van der Waals surface area contributed by atoms with Gasteiger partial charge in [0.2, 0.25) is 0 Å². The van der Waals surface area contributed by atoms with Crippen molar-refractivity contribution in [2.24, 2.45) is 4.99 Å². The predicted octanol–water partition coefficient (Wildman–Crippen LogP) is 7.36. The van der Waals surface area contributed by atoms with Crippen LogP contribution in [0.5, 0.6) is 5.88 Å². The van der Waals surface area contributed by atoms with Crippen LogP contribution in [0, 0.1) is 0 Å². The van der Waals surface area contributed by atoms with Crippen LogP contribution in [0.1, 0.15) is 62.6 Å². The number of aromatic hydroxyl groups is 1. The first kappa shape index (κ1) is 28.3. The fourth-order valence-corrected chi connectivity index (χ4v) is 6.95. The first-order valence-corrected chi connectivity index (χ1v) is 15.8. The van der Waals surface area contributed by atoms with Crippen LogP contribution < -0.4 is 10.6 Å². The van der Waals surface area contributed by atoms with E-state index in [1.54, 1.807) is 32.0 Å². The summed E-state index contributed by atoms with van der Waals surface area (Å²) in [5.74, 6) is -0.00860. The van der Waals surface area contributed by atoms with Crippen molar-refractivity contribution in [3.8, 4) is 5.88 Å². The predicted molar refractivity (Wildman–Crippen MR) is 162 cm³/mol. The number of fused-ring (bicyclic) bond motifs is 1. The molecule has 5 rings (SSSR count). The standard InChI is InChI=1S/C32H38N3O4P/c1-3-38-40(37,39-4-2)27-19-20-29-28(21-27)30(32(36)35-29)31(24-11-7-5-8-12-24)34-26-17-15-23(16-18-26)22-33-25-13-9-6-10-14-25/h5,7-8,11-12,15-21,25,33,35-36H,3-4,6,9-10,13-14,22H2,1-2H3. The fourth-order valence-electron chi connectivity index (χ4n) is 5.35. The molecule has 0 radical (unpaired) electrons. The Balaban J connectivity index is 1.52. The number of nitrogens with one attached hydrogen (secondary N) is 2. The molecule has 1 saturated carbocycles. The Hall–Kier alpha value is -3.22. The molecule has 1 fully saturated rings. The van der Waals surface area contributed by atoms with E-state index in [1.165, 1.54) is 37.7 Å². The van der Waals surface area contributed by atoms with Gasteiger partial charge in [0.25, 0.3) is 0 Å².